The number of rotatable bonds is 1. The molecule has 2 amide bonds. The van der Waals surface area contributed by atoms with Gasteiger partial charge >= 0.3 is 6.03 Å². The molecule has 5 heteroatoms. The van der Waals surface area contributed by atoms with Crippen molar-refractivity contribution in [2.75, 3.05) is 18.4 Å². The van der Waals surface area contributed by atoms with Gasteiger partial charge in [0.1, 0.15) is 0 Å². The Kier molecular flexibility index (Phi) is 4.24. The Morgan fingerprint density at radius 2 is 1.83 bits per heavy atom. The molecule has 0 aliphatic carbocycles. The van der Waals surface area contributed by atoms with Crippen molar-refractivity contribution in [2.45, 2.75) is 26.1 Å². The summed E-state index contributed by atoms with van der Waals surface area (Å²) < 4.78 is 6.60. The maximum Gasteiger partial charge on any atom is 0.322 e. The van der Waals surface area contributed by atoms with E-state index < -0.39 is 0 Å². The Morgan fingerprint density at radius 1 is 1.28 bits per heavy atom. The van der Waals surface area contributed by atoms with Crippen LogP contribution in [0.5, 0.6) is 0 Å². The highest BCUT2D eigenvalue weighted by Crippen LogP contribution is 2.16. The summed E-state index contributed by atoms with van der Waals surface area (Å²) in [5.41, 5.74) is 0.801. The van der Waals surface area contributed by atoms with Crippen LogP contribution in [0.25, 0.3) is 0 Å². The lowest BCUT2D eigenvalue weighted by Gasteiger charge is -2.35. The molecule has 4 nitrogen and oxygen atoms in total. The van der Waals surface area contributed by atoms with Crippen LogP contribution >= 0.6 is 15.9 Å². The Hall–Kier alpha value is -1.07. The second-order valence-corrected chi connectivity index (χ2v) is 5.52. The smallest absolute Gasteiger partial charge is 0.322 e. The summed E-state index contributed by atoms with van der Waals surface area (Å²) in [6.07, 6.45) is 0.175. The van der Waals surface area contributed by atoms with Gasteiger partial charge in [-0.05, 0) is 38.1 Å². The summed E-state index contributed by atoms with van der Waals surface area (Å²) in [5.74, 6) is 0. The number of anilines is 1. The number of hydrogen-bond donors (Lipinski definition) is 1. The molecule has 0 aromatic heterocycles. The Morgan fingerprint density at radius 3 is 2.39 bits per heavy atom. The molecule has 1 aliphatic heterocycles. The Bertz CT molecular complexity index is 412. The van der Waals surface area contributed by atoms with Crippen LogP contribution < -0.4 is 5.32 Å². The van der Waals surface area contributed by atoms with Gasteiger partial charge in [0.2, 0.25) is 0 Å². The number of nitrogens with one attached hydrogen (secondary N) is 1. The number of urea groups is 1. The van der Waals surface area contributed by atoms with Gasteiger partial charge < -0.3 is 15.0 Å². The highest BCUT2D eigenvalue weighted by Gasteiger charge is 2.25. The van der Waals surface area contributed by atoms with E-state index in [-0.39, 0.29) is 18.2 Å². The maximum absolute atomic E-state index is 12.1. The monoisotopic (exact) mass is 312 g/mol. The molecule has 98 valence electrons. The number of ether oxygens (including phenoxy) is 1. The molecule has 18 heavy (non-hydrogen) atoms. The molecule has 0 saturated carbocycles. The predicted molar refractivity (Wildman–Crippen MR) is 74.7 cm³/mol. The molecular formula is C13H17BrN2O2. The van der Waals surface area contributed by atoms with Gasteiger partial charge in [-0.2, -0.15) is 0 Å². The van der Waals surface area contributed by atoms with Crippen LogP contribution in [0.3, 0.4) is 0 Å². The summed E-state index contributed by atoms with van der Waals surface area (Å²) in [7, 11) is 0. The lowest BCUT2D eigenvalue weighted by Crippen LogP contribution is -2.49. The van der Waals surface area contributed by atoms with Crippen molar-refractivity contribution in [3.05, 3.63) is 28.7 Å². The molecule has 0 radical (unpaired) electrons. The van der Waals surface area contributed by atoms with E-state index in [1.165, 1.54) is 0 Å². The van der Waals surface area contributed by atoms with E-state index in [2.05, 4.69) is 21.2 Å². The standard InChI is InChI=1S/C13H17BrN2O2/c1-9-7-16(8-10(2)18-9)13(17)15-12-5-3-11(14)4-6-12/h3-6,9-10H,7-8H2,1-2H3,(H,15,17). The van der Waals surface area contributed by atoms with Crippen molar-refractivity contribution in [2.24, 2.45) is 0 Å². The molecule has 2 unspecified atom stereocenters. The number of carbonyl (C=O) groups excluding carboxylic acids is 1. The number of amides is 2. The van der Waals surface area contributed by atoms with Crippen molar-refractivity contribution in [1.82, 2.24) is 4.90 Å². The molecule has 1 aromatic rings. The van der Waals surface area contributed by atoms with Crippen molar-refractivity contribution >= 4 is 27.6 Å². The summed E-state index contributed by atoms with van der Waals surface area (Å²) in [6, 6.07) is 7.48. The topological polar surface area (TPSA) is 41.6 Å². The zero-order valence-corrected chi connectivity index (χ0v) is 12.1. The first-order valence-electron chi connectivity index (χ1n) is 6.01. The fourth-order valence-corrected chi connectivity index (χ4v) is 2.34. The zero-order valence-electron chi connectivity index (χ0n) is 10.5. The van der Waals surface area contributed by atoms with Crippen LogP contribution in [0, 0.1) is 0 Å². The van der Waals surface area contributed by atoms with Crippen molar-refractivity contribution in [3.8, 4) is 0 Å². The number of benzene rings is 1. The number of morpholine rings is 1. The molecule has 1 aliphatic rings. The van der Waals surface area contributed by atoms with Crippen LogP contribution in [0.1, 0.15) is 13.8 Å². The molecule has 0 spiro atoms. The zero-order chi connectivity index (χ0) is 13.1. The van der Waals surface area contributed by atoms with Crippen LogP contribution in [0.15, 0.2) is 28.7 Å². The first-order valence-corrected chi connectivity index (χ1v) is 6.81. The Labute approximate surface area is 115 Å². The number of carbonyl (C=O) groups is 1. The Balaban J connectivity index is 1.97. The van der Waals surface area contributed by atoms with E-state index in [9.17, 15) is 4.79 Å². The normalized spacial score (nSPS) is 23.8. The molecule has 1 saturated heterocycles. The highest BCUT2D eigenvalue weighted by atomic mass is 79.9. The summed E-state index contributed by atoms with van der Waals surface area (Å²) in [5, 5.41) is 2.89. The van der Waals surface area contributed by atoms with Gasteiger partial charge in [0.05, 0.1) is 12.2 Å². The van der Waals surface area contributed by atoms with Gasteiger partial charge in [0.15, 0.2) is 0 Å². The minimum absolute atomic E-state index is 0.0701. The third-order valence-corrected chi connectivity index (χ3v) is 3.33. The number of nitrogens with zero attached hydrogens (tertiary/aromatic N) is 1. The van der Waals surface area contributed by atoms with Crippen LogP contribution in [0.4, 0.5) is 10.5 Å². The van der Waals surface area contributed by atoms with Gasteiger partial charge in [-0.1, -0.05) is 15.9 Å². The second-order valence-electron chi connectivity index (χ2n) is 4.60. The van der Waals surface area contributed by atoms with E-state index in [0.717, 1.165) is 10.2 Å². The van der Waals surface area contributed by atoms with E-state index in [4.69, 9.17) is 4.74 Å². The second kappa shape index (κ2) is 5.71. The van der Waals surface area contributed by atoms with Gasteiger partial charge in [-0.25, -0.2) is 4.79 Å². The molecule has 1 heterocycles. The largest absolute Gasteiger partial charge is 0.372 e. The molecule has 0 bridgehead atoms. The van der Waals surface area contributed by atoms with Gasteiger partial charge in [-0.15, -0.1) is 0 Å². The molecule has 1 fully saturated rings. The maximum atomic E-state index is 12.1. The molecule has 2 atom stereocenters. The van der Waals surface area contributed by atoms with Crippen LogP contribution in [-0.2, 0) is 4.74 Å². The number of hydrogen-bond acceptors (Lipinski definition) is 2. The average molecular weight is 313 g/mol. The fraction of sp³-hybridized carbons (Fsp3) is 0.462. The summed E-state index contributed by atoms with van der Waals surface area (Å²) in [6.45, 7) is 5.23. The third kappa shape index (κ3) is 3.46. The lowest BCUT2D eigenvalue weighted by molar-refractivity contribution is -0.0530. The molecular weight excluding hydrogens is 296 g/mol. The van der Waals surface area contributed by atoms with Crippen molar-refractivity contribution in [1.29, 1.82) is 0 Å². The minimum Gasteiger partial charge on any atom is -0.372 e. The first kappa shape index (κ1) is 13.4. The first-order chi connectivity index (χ1) is 8.54. The quantitative estimate of drug-likeness (QED) is 0.865. The van der Waals surface area contributed by atoms with Crippen molar-refractivity contribution in [3.63, 3.8) is 0 Å². The average Bonchev–Trinajstić information content (AvgIpc) is 2.31. The highest BCUT2D eigenvalue weighted by molar-refractivity contribution is 9.10. The van der Waals surface area contributed by atoms with Crippen LogP contribution in [0.2, 0.25) is 0 Å². The SMILES string of the molecule is CC1CN(C(=O)Nc2ccc(Br)cc2)CC(C)O1. The van der Waals surface area contributed by atoms with Crippen LogP contribution in [-0.4, -0.2) is 36.2 Å². The minimum atomic E-state index is -0.0701. The fourth-order valence-electron chi connectivity index (χ4n) is 2.08. The van der Waals surface area contributed by atoms with E-state index >= 15 is 0 Å². The van der Waals surface area contributed by atoms with E-state index in [1.54, 1.807) is 4.90 Å². The predicted octanol–water partition coefficient (Wildman–Crippen LogP) is 3.09. The summed E-state index contributed by atoms with van der Waals surface area (Å²) in [4.78, 5) is 13.9. The van der Waals surface area contributed by atoms with E-state index in [0.29, 0.717) is 13.1 Å². The molecule has 1 N–H and O–H groups in total. The summed E-state index contributed by atoms with van der Waals surface area (Å²) >= 11 is 3.36. The van der Waals surface area contributed by atoms with Gasteiger partial charge in [0.25, 0.3) is 0 Å². The molecule has 2 rings (SSSR count). The third-order valence-electron chi connectivity index (χ3n) is 2.80. The number of halogens is 1. The van der Waals surface area contributed by atoms with Crippen molar-refractivity contribution < 1.29 is 9.53 Å². The van der Waals surface area contributed by atoms with Gasteiger partial charge in [0, 0.05) is 23.2 Å². The molecule has 1 aromatic carbocycles. The lowest BCUT2D eigenvalue weighted by atomic mass is 10.2. The van der Waals surface area contributed by atoms with E-state index in [1.807, 2.05) is 38.1 Å². The van der Waals surface area contributed by atoms with Gasteiger partial charge in [-0.3, -0.25) is 0 Å².